The zero-order chi connectivity index (χ0) is 15.7. The zero-order valence-electron chi connectivity index (χ0n) is 12.3. The van der Waals surface area contributed by atoms with Crippen LogP contribution < -0.4 is 5.32 Å². The van der Waals surface area contributed by atoms with E-state index >= 15 is 0 Å². The average Bonchev–Trinajstić information content (AvgIpc) is 2.79. The lowest BCUT2D eigenvalue weighted by molar-refractivity contribution is -0.384. The topological polar surface area (TPSA) is 85.9 Å². The molecule has 0 aliphatic heterocycles. The third-order valence-electron chi connectivity index (χ3n) is 3.54. The van der Waals surface area contributed by atoms with E-state index in [9.17, 15) is 10.1 Å². The Bertz CT molecular complexity index is 851. The van der Waals surface area contributed by atoms with E-state index in [1.165, 1.54) is 4.68 Å². The molecule has 7 nitrogen and oxygen atoms in total. The molecule has 22 heavy (non-hydrogen) atoms. The van der Waals surface area contributed by atoms with Gasteiger partial charge in [0.15, 0.2) is 0 Å². The Morgan fingerprint density at radius 2 is 2.09 bits per heavy atom. The van der Waals surface area contributed by atoms with Crippen LogP contribution in [0.4, 0.5) is 11.5 Å². The lowest BCUT2D eigenvalue weighted by atomic mass is 10.1. The molecule has 0 spiro atoms. The number of para-hydroxylation sites is 1. The number of aromatic nitrogens is 3. The molecular weight excluding hydrogens is 282 g/mol. The van der Waals surface area contributed by atoms with Crippen LogP contribution in [0.1, 0.15) is 11.3 Å². The Hall–Kier alpha value is -2.96. The van der Waals surface area contributed by atoms with Gasteiger partial charge in [-0.3, -0.25) is 15.1 Å². The number of benzene rings is 1. The number of nitrogens with one attached hydrogen (secondary N) is 1. The van der Waals surface area contributed by atoms with Crippen molar-refractivity contribution in [2.45, 2.75) is 13.5 Å². The molecule has 0 fully saturated rings. The molecule has 112 valence electrons. The summed E-state index contributed by atoms with van der Waals surface area (Å²) in [6.07, 6.45) is 1.74. The van der Waals surface area contributed by atoms with E-state index in [1.807, 2.05) is 30.3 Å². The maximum Gasteiger partial charge on any atom is 0.333 e. The second-order valence-electron chi connectivity index (χ2n) is 5.01. The summed E-state index contributed by atoms with van der Waals surface area (Å²) >= 11 is 0. The molecule has 0 unspecified atom stereocenters. The smallest absolute Gasteiger partial charge is 0.333 e. The van der Waals surface area contributed by atoms with Crippen molar-refractivity contribution in [3.05, 3.63) is 57.9 Å². The first-order valence-electron chi connectivity index (χ1n) is 6.82. The normalized spacial score (nSPS) is 10.8. The van der Waals surface area contributed by atoms with Crippen molar-refractivity contribution >= 4 is 22.4 Å². The summed E-state index contributed by atoms with van der Waals surface area (Å²) in [6.45, 7) is 2.07. The predicted molar refractivity (Wildman–Crippen MR) is 83.7 cm³/mol. The Balaban J connectivity index is 1.94. The number of fused-ring (bicyclic) bond motifs is 1. The molecule has 3 aromatic rings. The Morgan fingerprint density at radius 1 is 1.32 bits per heavy atom. The number of nitro groups is 1. The highest BCUT2D eigenvalue weighted by Gasteiger charge is 2.23. The van der Waals surface area contributed by atoms with Gasteiger partial charge in [-0.05, 0) is 18.6 Å². The van der Waals surface area contributed by atoms with E-state index in [0.29, 0.717) is 18.1 Å². The molecule has 0 aliphatic rings. The van der Waals surface area contributed by atoms with E-state index < -0.39 is 4.92 Å². The second kappa shape index (κ2) is 5.44. The molecule has 0 atom stereocenters. The van der Waals surface area contributed by atoms with Gasteiger partial charge in [0.05, 0.1) is 10.4 Å². The van der Waals surface area contributed by atoms with Gasteiger partial charge in [0, 0.05) is 25.2 Å². The highest BCUT2D eigenvalue weighted by atomic mass is 16.6. The van der Waals surface area contributed by atoms with Gasteiger partial charge in [0.2, 0.25) is 5.82 Å². The minimum absolute atomic E-state index is 0.00990. The van der Waals surface area contributed by atoms with Gasteiger partial charge in [0.1, 0.15) is 5.69 Å². The molecule has 0 radical (unpaired) electrons. The highest BCUT2D eigenvalue weighted by Crippen LogP contribution is 2.28. The zero-order valence-corrected chi connectivity index (χ0v) is 12.3. The number of hydrogen-bond acceptors (Lipinski definition) is 5. The van der Waals surface area contributed by atoms with Gasteiger partial charge in [-0.2, -0.15) is 5.10 Å². The second-order valence-corrected chi connectivity index (χ2v) is 5.01. The minimum Gasteiger partial charge on any atom is -0.360 e. The summed E-state index contributed by atoms with van der Waals surface area (Å²) in [7, 11) is 1.68. The molecule has 3 rings (SSSR count). The van der Waals surface area contributed by atoms with E-state index in [1.54, 1.807) is 20.2 Å². The van der Waals surface area contributed by atoms with Gasteiger partial charge in [0.25, 0.3) is 0 Å². The largest absolute Gasteiger partial charge is 0.360 e. The van der Waals surface area contributed by atoms with Crippen LogP contribution in [-0.4, -0.2) is 19.7 Å². The SMILES string of the molecule is Cc1nn(C)c(NCc2cccc3cccnc23)c1[N+](=O)[O-]. The van der Waals surface area contributed by atoms with Gasteiger partial charge in [-0.15, -0.1) is 0 Å². The predicted octanol–water partition coefficient (Wildman–Crippen LogP) is 2.80. The third kappa shape index (κ3) is 2.37. The summed E-state index contributed by atoms with van der Waals surface area (Å²) < 4.78 is 1.49. The molecule has 0 amide bonds. The molecule has 1 aromatic carbocycles. The number of anilines is 1. The van der Waals surface area contributed by atoms with Crippen LogP contribution in [0.2, 0.25) is 0 Å². The fourth-order valence-electron chi connectivity index (χ4n) is 2.55. The van der Waals surface area contributed by atoms with Crippen molar-refractivity contribution < 1.29 is 4.92 Å². The standard InChI is InChI=1S/C15H15N5O2/c1-10-14(20(21)22)15(19(2)18-10)17-9-12-6-3-5-11-7-4-8-16-13(11)12/h3-8,17H,9H2,1-2H3. The van der Waals surface area contributed by atoms with Gasteiger partial charge < -0.3 is 5.32 Å². The van der Waals surface area contributed by atoms with Crippen molar-refractivity contribution in [1.29, 1.82) is 0 Å². The Kier molecular flexibility index (Phi) is 3.46. The summed E-state index contributed by atoms with van der Waals surface area (Å²) in [6, 6.07) is 9.77. The van der Waals surface area contributed by atoms with Gasteiger partial charge >= 0.3 is 5.69 Å². The molecule has 0 saturated carbocycles. The van der Waals surface area contributed by atoms with Crippen molar-refractivity contribution in [3.63, 3.8) is 0 Å². The third-order valence-corrected chi connectivity index (χ3v) is 3.54. The molecule has 1 N–H and O–H groups in total. The summed E-state index contributed by atoms with van der Waals surface area (Å²) in [5, 5.41) is 19.4. The number of aryl methyl sites for hydroxylation is 2. The quantitative estimate of drug-likeness (QED) is 0.591. The first-order valence-corrected chi connectivity index (χ1v) is 6.82. The monoisotopic (exact) mass is 297 g/mol. The number of pyridine rings is 1. The number of rotatable bonds is 4. The summed E-state index contributed by atoms with van der Waals surface area (Å²) in [5.74, 6) is 0.399. The maximum absolute atomic E-state index is 11.2. The van der Waals surface area contributed by atoms with Crippen molar-refractivity contribution in [2.75, 3.05) is 5.32 Å². The first kappa shape index (κ1) is 14.0. The van der Waals surface area contributed by atoms with Crippen molar-refractivity contribution in [1.82, 2.24) is 14.8 Å². The molecule has 0 aliphatic carbocycles. The maximum atomic E-state index is 11.2. The number of nitrogens with zero attached hydrogens (tertiary/aromatic N) is 4. The summed E-state index contributed by atoms with van der Waals surface area (Å²) in [5.41, 5.74) is 2.27. The molecule has 0 saturated heterocycles. The van der Waals surface area contributed by atoms with E-state index in [2.05, 4.69) is 15.4 Å². The van der Waals surface area contributed by atoms with Crippen LogP contribution in [0.5, 0.6) is 0 Å². The number of hydrogen-bond donors (Lipinski definition) is 1. The molecule has 7 heteroatoms. The van der Waals surface area contributed by atoms with Gasteiger partial charge in [-0.1, -0.05) is 24.3 Å². The van der Waals surface area contributed by atoms with Crippen LogP contribution in [-0.2, 0) is 13.6 Å². The molecular formula is C15H15N5O2. The fraction of sp³-hybridized carbons (Fsp3) is 0.200. The molecule has 0 bridgehead atoms. The lowest BCUT2D eigenvalue weighted by Gasteiger charge is -2.08. The van der Waals surface area contributed by atoms with Crippen LogP contribution in [0, 0.1) is 17.0 Å². The minimum atomic E-state index is -0.411. The van der Waals surface area contributed by atoms with Crippen LogP contribution in [0.3, 0.4) is 0 Å². The van der Waals surface area contributed by atoms with E-state index in [-0.39, 0.29) is 5.69 Å². The average molecular weight is 297 g/mol. The van der Waals surface area contributed by atoms with Gasteiger partial charge in [-0.25, -0.2) is 4.68 Å². The fourth-order valence-corrected chi connectivity index (χ4v) is 2.55. The van der Waals surface area contributed by atoms with E-state index in [4.69, 9.17) is 0 Å². The van der Waals surface area contributed by atoms with Crippen LogP contribution in [0.15, 0.2) is 36.5 Å². The molecule has 2 heterocycles. The molecule has 2 aromatic heterocycles. The van der Waals surface area contributed by atoms with E-state index in [0.717, 1.165) is 16.5 Å². The van der Waals surface area contributed by atoms with Crippen molar-refractivity contribution in [3.8, 4) is 0 Å². The van der Waals surface area contributed by atoms with Crippen molar-refractivity contribution in [2.24, 2.45) is 7.05 Å². The highest BCUT2D eigenvalue weighted by molar-refractivity contribution is 5.81. The van der Waals surface area contributed by atoms with Crippen LogP contribution in [0.25, 0.3) is 10.9 Å². The Labute approximate surface area is 126 Å². The Morgan fingerprint density at radius 3 is 2.86 bits per heavy atom. The lowest BCUT2D eigenvalue weighted by Crippen LogP contribution is -2.07. The van der Waals surface area contributed by atoms with Crippen LogP contribution >= 0.6 is 0 Å². The summed E-state index contributed by atoms with van der Waals surface area (Å²) in [4.78, 5) is 15.2. The first-order chi connectivity index (χ1) is 10.6.